The highest BCUT2D eigenvalue weighted by Crippen LogP contribution is 2.35. The quantitative estimate of drug-likeness (QED) is 0.632. The molecule has 4 nitrogen and oxygen atoms in total. The van der Waals surface area contributed by atoms with Crippen LogP contribution in [0.25, 0.3) is 0 Å². The lowest BCUT2D eigenvalue weighted by molar-refractivity contribution is 0.0155. The molecule has 0 aromatic heterocycles. The molecule has 16 heavy (non-hydrogen) atoms. The number of piperidine rings is 1. The fourth-order valence-electron chi connectivity index (χ4n) is 2.10. The molecule has 90 valence electrons. The molecule has 0 radical (unpaired) electrons. The van der Waals surface area contributed by atoms with Gasteiger partial charge in [-0.25, -0.2) is 4.79 Å². The van der Waals surface area contributed by atoms with Crippen molar-refractivity contribution in [2.45, 2.75) is 39.2 Å². The summed E-state index contributed by atoms with van der Waals surface area (Å²) in [7, 11) is 0. The van der Waals surface area contributed by atoms with Crippen LogP contribution in [0, 0.1) is 5.41 Å². The zero-order chi connectivity index (χ0) is 11.8. The fraction of sp³-hybridized carbons (Fsp3) is 0.833. The molecule has 1 spiro atoms. The van der Waals surface area contributed by atoms with E-state index in [-0.39, 0.29) is 6.09 Å². The fourth-order valence-corrected chi connectivity index (χ4v) is 2.10. The maximum absolute atomic E-state index is 11.8. The molecule has 4 heteroatoms. The van der Waals surface area contributed by atoms with E-state index >= 15 is 0 Å². The van der Waals surface area contributed by atoms with Crippen molar-refractivity contribution in [3.8, 4) is 0 Å². The van der Waals surface area contributed by atoms with Gasteiger partial charge in [0.2, 0.25) is 0 Å². The van der Waals surface area contributed by atoms with Gasteiger partial charge in [-0.1, -0.05) is 0 Å². The number of amides is 1. The third-order valence-electron chi connectivity index (χ3n) is 3.18. The summed E-state index contributed by atoms with van der Waals surface area (Å²) in [4.78, 5) is 17.8. The van der Waals surface area contributed by atoms with E-state index in [1.165, 1.54) is 0 Å². The van der Waals surface area contributed by atoms with E-state index in [9.17, 15) is 4.79 Å². The van der Waals surface area contributed by atoms with E-state index in [0.717, 1.165) is 32.5 Å². The Kier molecular flexibility index (Phi) is 2.68. The van der Waals surface area contributed by atoms with Crippen molar-refractivity contribution in [3.05, 3.63) is 0 Å². The van der Waals surface area contributed by atoms with Crippen molar-refractivity contribution in [1.29, 1.82) is 0 Å². The van der Waals surface area contributed by atoms with Gasteiger partial charge in [-0.2, -0.15) is 0 Å². The number of nitrogens with zero attached hydrogens (tertiary/aromatic N) is 2. The van der Waals surface area contributed by atoms with Crippen molar-refractivity contribution in [2.75, 3.05) is 19.6 Å². The van der Waals surface area contributed by atoms with Crippen LogP contribution in [0.1, 0.15) is 33.6 Å². The Bertz CT molecular complexity index is 309. The van der Waals surface area contributed by atoms with Crippen molar-refractivity contribution >= 4 is 12.3 Å². The molecule has 0 aromatic rings. The maximum atomic E-state index is 11.8. The van der Waals surface area contributed by atoms with Gasteiger partial charge in [-0.05, 0) is 33.6 Å². The maximum Gasteiger partial charge on any atom is 0.410 e. The summed E-state index contributed by atoms with van der Waals surface area (Å²) in [6.45, 7) is 8.22. The van der Waals surface area contributed by atoms with Crippen LogP contribution < -0.4 is 0 Å². The van der Waals surface area contributed by atoms with E-state index in [1.807, 2.05) is 25.7 Å². The number of aliphatic imine (C=N–C) groups is 1. The average Bonchev–Trinajstić information content (AvgIpc) is 2.13. The summed E-state index contributed by atoms with van der Waals surface area (Å²) >= 11 is 0. The van der Waals surface area contributed by atoms with E-state index in [0.29, 0.717) is 5.41 Å². The highest BCUT2D eigenvalue weighted by Gasteiger charge is 2.38. The molecule has 1 saturated heterocycles. The van der Waals surface area contributed by atoms with Crippen LogP contribution in [0.2, 0.25) is 0 Å². The number of hydrogen-bond donors (Lipinski definition) is 0. The van der Waals surface area contributed by atoms with Gasteiger partial charge in [-0.15, -0.1) is 0 Å². The minimum atomic E-state index is -0.399. The zero-order valence-corrected chi connectivity index (χ0v) is 10.3. The predicted octanol–water partition coefficient (Wildman–Crippen LogP) is 2.09. The number of hydrogen-bond acceptors (Lipinski definition) is 3. The first kappa shape index (κ1) is 11.4. The number of likely N-dealkylation sites (tertiary alicyclic amines) is 1. The van der Waals surface area contributed by atoms with Gasteiger partial charge < -0.3 is 9.64 Å². The minimum absolute atomic E-state index is 0.182. The molecule has 2 aliphatic rings. The van der Waals surface area contributed by atoms with E-state index in [1.54, 1.807) is 0 Å². The number of rotatable bonds is 0. The van der Waals surface area contributed by atoms with Crippen LogP contribution in [0.15, 0.2) is 4.99 Å². The molecule has 0 unspecified atom stereocenters. The van der Waals surface area contributed by atoms with Gasteiger partial charge in [0.05, 0.1) is 0 Å². The normalized spacial score (nSPS) is 23.1. The monoisotopic (exact) mass is 224 g/mol. The summed E-state index contributed by atoms with van der Waals surface area (Å²) in [6, 6.07) is 0. The smallest absolute Gasteiger partial charge is 0.410 e. The van der Waals surface area contributed by atoms with E-state index in [2.05, 4.69) is 11.2 Å². The Hall–Kier alpha value is -1.06. The van der Waals surface area contributed by atoms with Gasteiger partial charge in [-0.3, -0.25) is 4.99 Å². The average molecular weight is 224 g/mol. The Labute approximate surface area is 96.7 Å². The Morgan fingerprint density at radius 3 is 2.31 bits per heavy atom. The highest BCUT2D eigenvalue weighted by molar-refractivity contribution is 5.73. The Morgan fingerprint density at radius 1 is 1.38 bits per heavy atom. The highest BCUT2D eigenvalue weighted by atomic mass is 16.6. The first-order valence-corrected chi connectivity index (χ1v) is 5.89. The Balaban J connectivity index is 1.84. The van der Waals surface area contributed by atoms with Gasteiger partial charge in [0.15, 0.2) is 0 Å². The molecule has 0 aliphatic carbocycles. The van der Waals surface area contributed by atoms with Gasteiger partial charge in [0.25, 0.3) is 0 Å². The number of ether oxygens (including phenoxy) is 1. The van der Waals surface area contributed by atoms with Crippen LogP contribution in [0.4, 0.5) is 4.79 Å². The second kappa shape index (κ2) is 3.75. The summed E-state index contributed by atoms with van der Waals surface area (Å²) in [5.41, 5.74) is -0.0946. The summed E-state index contributed by atoms with van der Waals surface area (Å²) < 4.78 is 5.35. The molecule has 1 fully saturated rings. The van der Waals surface area contributed by atoms with Gasteiger partial charge >= 0.3 is 6.09 Å². The largest absolute Gasteiger partial charge is 0.444 e. The van der Waals surface area contributed by atoms with Crippen LogP contribution in [0.5, 0.6) is 0 Å². The molecule has 1 amide bonds. The lowest BCUT2D eigenvalue weighted by Gasteiger charge is -2.42. The molecule has 2 aliphatic heterocycles. The molecule has 0 N–H and O–H groups in total. The van der Waals surface area contributed by atoms with E-state index < -0.39 is 5.60 Å². The molecule has 0 aromatic carbocycles. The second-order valence-electron chi connectivity index (χ2n) is 5.80. The molecular formula is C12H20N2O2. The summed E-state index contributed by atoms with van der Waals surface area (Å²) in [5.74, 6) is 0. The van der Waals surface area contributed by atoms with Crippen molar-refractivity contribution in [2.24, 2.45) is 10.4 Å². The summed E-state index contributed by atoms with van der Waals surface area (Å²) in [5, 5.41) is 0. The molecule has 0 bridgehead atoms. The standard InChI is InChI=1S/C12H20N2O2/c1-11(2,3)16-10(15)14-6-4-12(5-7-14)8-13-9-12/h8H,4-7,9H2,1-3H3. The van der Waals surface area contributed by atoms with Gasteiger partial charge in [0, 0.05) is 31.3 Å². The first-order valence-electron chi connectivity index (χ1n) is 5.89. The topological polar surface area (TPSA) is 41.9 Å². The predicted molar refractivity (Wildman–Crippen MR) is 62.8 cm³/mol. The molecule has 0 saturated carbocycles. The van der Waals surface area contributed by atoms with Crippen LogP contribution >= 0.6 is 0 Å². The molecule has 2 rings (SSSR count). The molecule has 2 heterocycles. The SMILES string of the molecule is CC(C)(C)OC(=O)N1CCC2(C=NC2)CC1. The number of carbonyl (C=O) groups excluding carboxylic acids is 1. The minimum Gasteiger partial charge on any atom is -0.444 e. The first-order chi connectivity index (χ1) is 7.40. The van der Waals surface area contributed by atoms with Gasteiger partial charge in [0.1, 0.15) is 5.60 Å². The van der Waals surface area contributed by atoms with Crippen molar-refractivity contribution in [1.82, 2.24) is 4.90 Å². The lowest BCUT2D eigenvalue weighted by Crippen LogP contribution is -2.49. The van der Waals surface area contributed by atoms with E-state index in [4.69, 9.17) is 4.74 Å². The number of carbonyl (C=O) groups is 1. The third-order valence-corrected chi connectivity index (χ3v) is 3.18. The van der Waals surface area contributed by atoms with Crippen molar-refractivity contribution < 1.29 is 9.53 Å². The zero-order valence-electron chi connectivity index (χ0n) is 10.3. The molecular weight excluding hydrogens is 204 g/mol. The van der Waals surface area contributed by atoms with Crippen LogP contribution in [-0.2, 0) is 4.74 Å². The van der Waals surface area contributed by atoms with Crippen molar-refractivity contribution in [3.63, 3.8) is 0 Å². The summed E-state index contributed by atoms with van der Waals surface area (Å²) in [6.07, 6.45) is 3.92. The van der Waals surface area contributed by atoms with Crippen LogP contribution in [0.3, 0.4) is 0 Å². The van der Waals surface area contributed by atoms with Crippen LogP contribution in [-0.4, -0.2) is 42.4 Å². The molecule has 0 atom stereocenters. The Morgan fingerprint density at radius 2 is 1.94 bits per heavy atom. The second-order valence-corrected chi connectivity index (χ2v) is 5.80. The lowest BCUT2D eigenvalue weighted by atomic mass is 9.76. The third kappa shape index (κ3) is 2.36.